The summed E-state index contributed by atoms with van der Waals surface area (Å²) in [6.07, 6.45) is 0. The molecular weight excluding hydrogens is 297 g/mol. The molecule has 0 bridgehead atoms. The largest absolute Gasteiger partial charge is 0.397 e. The molecule has 0 aliphatic heterocycles. The molecule has 18 heavy (non-hydrogen) atoms. The molecule has 0 radical (unpaired) electrons. The Kier molecular flexibility index (Phi) is 3.43. The van der Waals surface area contributed by atoms with Gasteiger partial charge in [-0.05, 0) is 58.7 Å². The lowest BCUT2D eigenvalue weighted by atomic mass is 10.1. The summed E-state index contributed by atoms with van der Waals surface area (Å²) in [6.45, 7) is 1.83. The second-order valence-electron chi connectivity index (χ2n) is 4.05. The number of nitrogens with two attached hydrogens (primary N) is 2. The first-order valence-corrected chi connectivity index (χ1v) is 6.14. The molecule has 0 aromatic heterocycles. The van der Waals surface area contributed by atoms with Gasteiger partial charge in [-0.3, -0.25) is 0 Å². The standard InChI is InChI=1S/C13H13BrFN3/c1-7-4-10(15)9(14)6-13(7)18-8-2-3-11(16)12(17)5-8/h2-6,18H,16-17H2,1H3. The highest BCUT2D eigenvalue weighted by Gasteiger charge is 2.06. The van der Waals surface area contributed by atoms with E-state index in [1.807, 2.05) is 13.0 Å². The lowest BCUT2D eigenvalue weighted by Crippen LogP contribution is -1.98. The summed E-state index contributed by atoms with van der Waals surface area (Å²) in [5.41, 5.74) is 14.9. The summed E-state index contributed by atoms with van der Waals surface area (Å²) in [5.74, 6) is -0.283. The molecule has 5 heteroatoms. The molecule has 0 aliphatic carbocycles. The van der Waals surface area contributed by atoms with Gasteiger partial charge < -0.3 is 16.8 Å². The first-order valence-electron chi connectivity index (χ1n) is 5.35. The van der Waals surface area contributed by atoms with Gasteiger partial charge in [-0.1, -0.05) is 0 Å². The molecule has 2 aromatic rings. The third-order valence-electron chi connectivity index (χ3n) is 2.63. The van der Waals surface area contributed by atoms with Crippen LogP contribution < -0.4 is 16.8 Å². The molecule has 0 aliphatic rings. The molecule has 3 nitrogen and oxygen atoms in total. The maximum atomic E-state index is 13.3. The zero-order valence-corrected chi connectivity index (χ0v) is 11.4. The molecule has 0 amide bonds. The quantitative estimate of drug-likeness (QED) is 0.739. The average Bonchev–Trinajstić information content (AvgIpc) is 2.31. The first kappa shape index (κ1) is 12.7. The van der Waals surface area contributed by atoms with Crippen molar-refractivity contribution < 1.29 is 4.39 Å². The molecule has 2 aromatic carbocycles. The van der Waals surface area contributed by atoms with Crippen LogP contribution >= 0.6 is 15.9 Å². The van der Waals surface area contributed by atoms with E-state index >= 15 is 0 Å². The number of hydrogen-bond acceptors (Lipinski definition) is 3. The van der Waals surface area contributed by atoms with E-state index < -0.39 is 0 Å². The van der Waals surface area contributed by atoms with Gasteiger partial charge in [0, 0.05) is 11.4 Å². The van der Waals surface area contributed by atoms with Gasteiger partial charge in [0.2, 0.25) is 0 Å². The third-order valence-corrected chi connectivity index (χ3v) is 3.24. The van der Waals surface area contributed by atoms with E-state index in [0.717, 1.165) is 16.9 Å². The minimum Gasteiger partial charge on any atom is -0.397 e. The van der Waals surface area contributed by atoms with Gasteiger partial charge in [-0.25, -0.2) is 4.39 Å². The second-order valence-corrected chi connectivity index (χ2v) is 4.90. The van der Waals surface area contributed by atoms with Crippen molar-refractivity contribution in [2.45, 2.75) is 6.92 Å². The number of nitrogen functional groups attached to an aromatic ring is 2. The highest BCUT2D eigenvalue weighted by molar-refractivity contribution is 9.10. The van der Waals surface area contributed by atoms with Gasteiger partial charge in [-0.15, -0.1) is 0 Å². The Bertz CT molecular complexity index is 599. The van der Waals surface area contributed by atoms with Crippen molar-refractivity contribution in [3.63, 3.8) is 0 Å². The topological polar surface area (TPSA) is 64.1 Å². The lowest BCUT2D eigenvalue weighted by molar-refractivity contribution is 0.620. The van der Waals surface area contributed by atoms with Gasteiger partial charge in [-0.2, -0.15) is 0 Å². The van der Waals surface area contributed by atoms with E-state index in [-0.39, 0.29) is 5.82 Å². The zero-order chi connectivity index (χ0) is 13.3. The highest BCUT2D eigenvalue weighted by Crippen LogP contribution is 2.28. The van der Waals surface area contributed by atoms with Gasteiger partial charge in [0.1, 0.15) is 5.82 Å². The van der Waals surface area contributed by atoms with Crippen LogP contribution in [0, 0.1) is 12.7 Å². The molecule has 94 valence electrons. The highest BCUT2D eigenvalue weighted by atomic mass is 79.9. The van der Waals surface area contributed by atoms with Crippen LogP contribution in [0.4, 0.5) is 27.1 Å². The molecule has 5 N–H and O–H groups in total. The van der Waals surface area contributed by atoms with E-state index in [0.29, 0.717) is 15.8 Å². The van der Waals surface area contributed by atoms with Crippen LogP contribution in [0.25, 0.3) is 0 Å². The predicted molar refractivity (Wildman–Crippen MR) is 77.4 cm³/mol. The van der Waals surface area contributed by atoms with Crippen LogP contribution in [0.1, 0.15) is 5.56 Å². The fourth-order valence-corrected chi connectivity index (χ4v) is 1.93. The number of aryl methyl sites for hydroxylation is 1. The lowest BCUT2D eigenvalue weighted by Gasteiger charge is -2.12. The molecule has 0 heterocycles. The van der Waals surface area contributed by atoms with E-state index in [1.54, 1.807) is 18.2 Å². The molecule has 0 saturated heterocycles. The summed E-state index contributed by atoms with van der Waals surface area (Å²) in [7, 11) is 0. The van der Waals surface area contributed by atoms with Crippen molar-refractivity contribution >= 4 is 38.7 Å². The van der Waals surface area contributed by atoms with E-state index in [2.05, 4.69) is 21.2 Å². The van der Waals surface area contributed by atoms with Crippen LogP contribution in [0.3, 0.4) is 0 Å². The minimum absolute atomic E-state index is 0.283. The van der Waals surface area contributed by atoms with E-state index in [9.17, 15) is 4.39 Å². The smallest absolute Gasteiger partial charge is 0.137 e. The number of hydrogen-bond donors (Lipinski definition) is 3. The maximum Gasteiger partial charge on any atom is 0.137 e. The van der Waals surface area contributed by atoms with Crippen molar-refractivity contribution in [1.82, 2.24) is 0 Å². The van der Waals surface area contributed by atoms with E-state index in [1.165, 1.54) is 6.07 Å². The number of nitrogens with one attached hydrogen (secondary N) is 1. The Labute approximate surface area is 113 Å². The molecule has 0 unspecified atom stereocenters. The van der Waals surface area contributed by atoms with Crippen LogP contribution in [-0.2, 0) is 0 Å². The molecule has 2 rings (SSSR count). The third kappa shape index (κ3) is 2.56. The summed E-state index contributed by atoms with van der Waals surface area (Å²) in [5, 5.41) is 3.18. The fourth-order valence-electron chi connectivity index (χ4n) is 1.59. The van der Waals surface area contributed by atoms with Gasteiger partial charge >= 0.3 is 0 Å². The Morgan fingerprint density at radius 3 is 2.50 bits per heavy atom. The Balaban J connectivity index is 2.34. The van der Waals surface area contributed by atoms with Crippen LogP contribution in [-0.4, -0.2) is 0 Å². The molecule has 0 saturated carbocycles. The fraction of sp³-hybridized carbons (Fsp3) is 0.0769. The van der Waals surface area contributed by atoms with Crippen LogP contribution in [0.2, 0.25) is 0 Å². The zero-order valence-electron chi connectivity index (χ0n) is 9.80. The van der Waals surface area contributed by atoms with Gasteiger partial charge in [0.25, 0.3) is 0 Å². The summed E-state index contributed by atoms with van der Waals surface area (Å²) in [4.78, 5) is 0. The van der Waals surface area contributed by atoms with E-state index in [4.69, 9.17) is 11.5 Å². The predicted octanol–water partition coefficient (Wildman–Crippen LogP) is 3.80. The number of benzene rings is 2. The van der Waals surface area contributed by atoms with Crippen molar-refractivity contribution in [3.05, 3.63) is 46.2 Å². The van der Waals surface area contributed by atoms with Crippen LogP contribution in [0.5, 0.6) is 0 Å². The maximum absolute atomic E-state index is 13.3. The second kappa shape index (κ2) is 4.86. The van der Waals surface area contributed by atoms with Gasteiger partial charge in [0.05, 0.1) is 15.8 Å². The monoisotopic (exact) mass is 309 g/mol. The SMILES string of the molecule is Cc1cc(F)c(Br)cc1Nc1ccc(N)c(N)c1. The van der Waals surface area contributed by atoms with Crippen molar-refractivity contribution in [2.75, 3.05) is 16.8 Å². The molecule has 0 fully saturated rings. The molecule has 0 spiro atoms. The Morgan fingerprint density at radius 2 is 1.83 bits per heavy atom. The molecular formula is C13H13BrFN3. The number of rotatable bonds is 2. The van der Waals surface area contributed by atoms with Gasteiger partial charge in [0.15, 0.2) is 0 Å². The summed E-state index contributed by atoms with van der Waals surface area (Å²) >= 11 is 3.16. The van der Waals surface area contributed by atoms with Crippen molar-refractivity contribution in [3.8, 4) is 0 Å². The first-order chi connectivity index (χ1) is 8.47. The van der Waals surface area contributed by atoms with Crippen LogP contribution in [0.15, 0.2) is 34.8 Å². The number of halogens is 2. The minimum atomic E-state index is -0.283. The Morgan fingerprint density at radius 1 is 1.11 bits per heavy atom. The van der Waals surface area contributed by atoms with Crippen molar-refractivity contribution in [1.29, 1.82) is 0 Å². The normalized spacial score (nSPS) is 10.4. The summed E-state index contributed by atoms with van der Waals surface area (Å²) in [6, 6.07) is 8.45. The number of anilines is 4. The molecule has 0 atom stereocenters. The average molecular weight is 310 g/mol. The Hall–Kier alpha value is -1.75. The summed E-state index contributed by atoms with van der Waals surface area (Å²) < 4.78 is 13.7. The van der Waals surface area contributed by atoms with Crippen molar-refractivity contribution in [2.24, 2.45) is 0 Å².